The summed E-state index contributed by atoms with van der Waals surface area (Å²) >= 11 is 1.71. The quantitative estimate of drug-likeness (QED) is 0.592. The summed E-state index contributed by atoms with van der Waals surface area (Å²) in [5.74, 6) is -0.154. The minimum absolute atomic E-state index is 0.154. The Balaban J connectivity index is 1.20. The molecule has 0 saturated carbocycles. The van der Waals surface area contributed by atoms with Gasteiger partial charge in [-0.2, -0.15) is 0 Å². The van der Waals surface area contributed by atoms with E-state index in [-0.39, 0.29) is 5.82 Å². The summed E-state index contributed by atoms with van der Waals surface area (Å²) < 4.78 is 13.1. The van der Waals surface area contributed by atoms with Crippen molar-refractivity contribution in [3.63, 3.8) is 0 Å². The highest BCUT2D eigenvalue weighted by atomic mass is 32.1. The molecule has 5 heteroatoms. The summed E-state index contributed by atoms with van der Waals surface area (Å²) in [6, 6.07) is 14.4. The highest BCUT2D eigenvalue weighted by Gasteiger charge is 2.29. The number of halogens is 1. The Hall–Kier alpha value is -2.24. The maximum absolute atomic E-state index is 13.1. The van der Waals surface area contributed by atoms with Gasteiger partial charge in [-0.25, -0.2) is 9.37 Å². The first kappa shape index (κ1) is 18.8. The summed E-state index contributed by atoms with van der Waals surface area (Å²) in [5, 5.41) is 3.15. The van der Waals surface area contributed by atoms with Gasteiger partial charge < -0.3 is 9.80 Å². The first-order valence-electron chi connectivity index (χ1n) is 10.5. The first-order chi connectivity index (χ1) is 14.3. The van der Waals surface area contributed by atoms with Gasteiger partial charge in [0, 0.05) is 55.0 Å². The fraction of sp³-hybridized carbons (Fsp3) is 0.375. The van der Waals surface area contributed by atoms with Crippen molar-refractivity contribution in [2.24, 2.45) is 0 Å². The van der Waals surface area contributed by atoms with Crippen molar-refractivity contribution in [1.82, 2.24) is 9.88 Å². The maximum Gasteiger partial charge on any atom is 0.123 e. The molecule has 0 amide bonds. The van der Waals surface area contributed by atoms with Crippen LogP contribution in [-0.4, -0.2) is 42.1 Å². The predicted molar refractivity (Wildman–Crippen MR) is 118 cm³/mol. The van der Waals surface area contributed by atoms with E-state index in [4.69, 9.17) is 0 Å². The third kappa shape index (κ3) is 4.07. The molecule has 150 valence electrons. The second-order valence-corrected chi connectivity index (χ2v) is 8.97. The number of likely N-dealkylation sites (tertiary alicyclic amines) is 1. The van der Waals surface area contributed by atoms with E-state index in [0.717, 1.165) is 44.0 Å². The molecule has 1 aromatic heterocycles. The molecule has 0 radical (unpaired) electrons. The van der Waals surface area contributed by atoms with Crippen LogP contribution in [0.3, 0.4) is 0 Å². The van der Waals surface area contributed by atoms with Crippen LogP contribution in [0.25, 0.3) is 10.6 Å². The predicted octanol–water partition coefficient (Wildman–Crippen LogP) is 5.02. The van der Waals surface area contributed by atoms with Crippen molar-refractivity contribution in [2.45, 2.75) is 31.7 Å². The van der Waals surface area contributed by atoms with Crippen LogP contribution < -0.4 is 4.90 Å². The summed E-state index contributed by atoms with van der Waals surface area (Å²) in [6.07, 6.45) is 6.45. The highest BCUT2D eigenvalue weighted by molar-refractivity contribution is 7.13. The van der Waals surface area contributed by atoms with Gasteiger partial charge >= 0.3 is 0 Å². The molecule has 3 heterocycles. The molecule has 1 saturated heterocycles. The monoisotopic (exact) mass is 407 g/mol. The van der Waals surface area contributed by atoms with Crippen LogP contribution in [0, 0.1) is 5.82 Å². The number of thiazole rings is 1. The van der Waals surface area contributed by atoms with Gasteiger partial charge in [0.25, 0.3) is 0 Å². The molecular formula is C24H26FN3S. The van der Waals surface area contributed by atoms with Crippen molar-refractivity contribution >= 4 is 17.0 Å². The van der Waals surface area contributed by atoms with E-state index in [0.29, 0.717) is 6.04 Å². The molecule has 0 bridgehead atoms. The number of rotatable bonds is 5. The van der Waals surface area contributed by atoms with Gasteiger partial charge in [-0.3, -0.25) is 0 Å². The molecule has 0 atom stereocenters. The van der Waals surface area contributed by atoms with Crippen LogP contribution in [0.2, 0.25) is 0 Å². The van der Waals surface area contributed by atoms with Crippen molar-refractivity contribution in [2.75, 3.05) is 31.1 Å². The lowest BCUT2D eigenvalue weighted by molar-refractivity contribution is 0.212. The summed E-state index contributed by atoms with van der Waals surface area (Å²) in [6.45, 7) is 4.48. The van der Waals surface area contributed by atoms with Gasteiger partial charge in [-0.05, 0) is 55.0 Å². The lowest BCUT2D eigenvalue weighted by Crippen LogP contribution is -2.45. The third-order valence-corrected chi connectivity index (χ3v) is 7.15. The molecule has 3 aromatic rings. The molecule has 29 heavy (non-hydrogen) atoms. The second kappa shape index (κ2) is 8.25. The molecule has 0 unspecified atom stereocenters. The van der Waals surface area contributed by atoms with Crippen LogP contribution in [0.5, 0.6) is 0 Å². The van der Waals surface area contributed by atoms with Crippen LogP contribution in [-0.2, 0) is 12.8 Å². The normalized spacial score (nSPS) is 17.6. The Kier molecular flexibility index (Phi) is 5.34. The smallest absolute Gasteiger partial charge is 0.123 e. The Morgan fingerprint density at radius 1 is 1.03 bits per heavy atom. The maximum atomic E-state index is 13.1. The van der Waals surface area contributed by atoms with Gasteiger partial charge in [0.1, 0.15) is 10.8 Å². The zero-order valence-electron chi connectivity index (χ0n) is 16.6. The summed E-state index contributed by atoms with van der Waals surface area (Å²) in [4.78, 5) is 9.68. The minimum Gasteiger partial charge on any atom is -0.368 e. The van der Waals surface area contributed by atoms with Crippen LogP contribution in [0.4, 0.5) is 10.1 Å². The van der Waals surface area contributed by atoms with Crippen LogP contribution in [0.15, 0.2) is 54.0 Å². The van der Waals surface area contributed by atoms with Gasteiger partial charge in [0.05, 0.1) is 0 Å². The average molecular weight is 408 g/mol. The van der Waals surface area contributed by atoms with Crippen molar-refractivity contribution in [3.05, 3.63) is 71.0 Å². The molecule has 0 N–H and O–H groups in total. The van der Waals surface area contributed by atoms with Crippen LogP contribution in [0.1, 0.15) is 24.0 Å². The second-order valence-electron chi connectivity index (χ2n) is 8.07. The SMILES string of the molecule is Fc1ccc(CCN2CCC(N3CCc4ccc(-c5nccs5)cc43)CC2)cc1. The number of fused-ring (bicyclic) bond motifs is 1. The summed E-state index contributed by atoms with van der Waals surface area (Å²) in [7, 11) is 0. The van der Waals surface area contributed by atoms with Gasteiger partial charge in [0.2, 0.25) is 0 Å². The Morgan fingerprint density at radius 3 is 2.62 bits per heavy atom. The number of hydrogen-bond donors (Lipinski definition) is 0. The van der Waals surface area contributed by atoms with Crippen LogP contribution >= 0.6 is 11.3 Å². The van der Waals surface area contributed by atoms with Gasteiger partial charge in [-0.15, -0.1) is 11.3 Å². The Morgan fingerprint density at radius 2 is 1.86 bits per heavy atom. The summed E-state index contributed by atoms with van der Waals surface area (Å²) in [5.41, 5.74) is 5.35. The lowest BCUT2D eigenvalue weighted by Gasteiger charge is -2.38. The largest absolute Gasteiger partial charge is 0.368 e. The van der Waals surface area contributed by atoms with E-state index in [2.05, 4.69) is 33.0 Å². The fourth-order valence-electron chi connectivity index (χ4n) is 4.68. The third-order valence-electron chi connectivity index (χ3n) is 6.32. The number of nitrogens with zero attached hydrogens (tertiary/aromatic N) is 3. The number of hydrogen-bond acceptors (Lipinski definition) is 4. The van der Waals surface area contributed by atoms with Gasteiger partial charge in [-0.1, -0.05) is 24.3 Å². The number of anilines is 1. The zero-order chi connectivity index (χ0) is 19.6. The van der Waals surface area contributed by atoms with E-state index < -0.39 is 0 Å². The minimum atomic E-state index is -0.154. The van der Waals surface area contributed by atoms with E-state index in [1.54, 1.807) is 23.5 Å². The Labute approximate surface area is 175 Å². The molecule has 0 aliphatic carbocycles. The number of piperidine rings is 1. The van der Waals surface area contributed by atoms with Gasteiger partial charge in [0.15, 0.2) is 0 Å². The Bertz CT molecular complexity index is 947. The topological polar surface area (TPSA) is 19.4 Å². The molecule has 2 aromatic carbocycles. The molecule has 5 rings (SSSR count). The molecule has 1 fully saturated rings. The molecule has 3 nitrogen and oxygen atoms in total. The molecular weight excluding hydrogens is 381 g/mol. The standard InChI is InChI=1S/C24H26FN3S/c25-21-5-1-18(2-6-21)7-12-27-13-9-22(10-14-27)28-15-8-19-3-4-20(17-23(19)28)24-26-11-16-29-24/h1-6,11,16-17,22H,7-10,12-15H2. The number of benzene rings is 2. The average Bonchev–Trinajstić information content (AvgIpc) is 3.43. The highest BCUT2D eigenvalue weighted by Crippen LogP contribution is 2.36. The van der Waals surface area contributed by atoms with Crippen molar-refractivity contribution in [1.29, 1.82) is 0 Å². The van der Waals surface area contributed by atoms with E-state index in [1.807, 2.05) is 23.7 Å². The van der Waals surface area contributed by atoms with E-state index >= 15 is 0 Å². The lowest BCUT2D eigenvalue weighted by atomic mass is 10.0. The zero-order valence-corrected chi connectivity index (χ0v) is 17.4. The fourth-order valence-corrected chi connectivity index (χ4v) is 5.31. The van der Waals surface area contributed by atoms with Crippen molar-refractivity contribution < 1.29 is 4.39 Å². The first-order valence-corrected chi connectivity index (χ1v) is 11.4. The van der Waals surface area contributed by atoms with E-state index in [1.165, 1.54) is 35.2 Å². The number of aromatic nitrogens is 1. The van der Waals surface area contributed by atoms with E-state index in [9.17, 15) is 4.39 Å². The molecule has 2 aliphatic heterocycles. The molecule has 2 aliphatic rings. The molecule has 0 spiro atoms. The van der Waals surface area contributed by atoms with Crippen molar-refractivity contribution in [3.8, 4) is 10.6 Å².